The van der Waals surface area contributed by atoms with E-state index in [4.69, 9.17) is 10.5 Å². The molecule has 2 N–H and O–H groups in total. The van der Waals surface area contributed by atoms with Crippen LogP contribution in [0.25, 0.3) is 0 Å². The Balaban J connectivity index is 1.95. The van der Waals surface area contributed by atoms with Crippen molar-refractivity contribution in [1.82, 2.24) is 9.97 Å². The molecule has 0 aromatic carbocycles. The van der Waals surface area contributed by atoms with Crippen LogP contribution in [-0.4, -0.2) is 16.1 Å². The van der Waals surface area contributed by atoms with Crippen molar-refractivity contribution in [3.63, 3.8) is 0 Å². The van der Waals surface area contributed by atoms with E-state index in [1.54, 1.807) is 12.4 Å². The summed E-state index contributed by atoms with van der Waals surface area (Å²) in [6.45, 7) is 0.476. The number of aromatic nitrogens is 2. The Morgan fingerprint density at radius 3 is 2.50 bits per heavy atom. The van der Waals surface area contributed by atoms with Gasteiger partial charge in [0.1, 0.15) is 6.10 Å². The summed E-state index contributed by atoms with van der Waals surface area (Å²) in [5.74, 6) is 0. The largest absolute Gasteiger partial charge is 0.460 e. The van der Waals surface area contributed by atoms with E-state index in [0.717, 1.165) is 18.4 Å². The lowest BCUT2D eigenvalue weighted by Gasteiger charge is -2.10. The van der Waals surface area contributed by atoms with Crippen LogP contribution in [0.1, 0.15) is 31.2 Å². The molecule has 14 heavy (non-hydrogen) atoms. The minimum atomic E-state index is 0.318. The van der Waals surface area contributed by atoms with Gasteiger partial charge in [0.05, 0.1) is 0 Å². The summed E-state index contributed by atoms with van der Waals surface area (Å²) in [5, 5.41) is 0. The first-order chi connectivity index (χ1) is 6.88. The summed E-state index contributed by atoms with van der Waals surface area (Å²) in [6, 6.07) is 0.481. The van der Waals surface area contributed by atoms with Crippen LogP contribution in [0.3, 0.4) is 0 Å². The van der Waals surface area contributed by atoms with Gasteiger partial charge in [0.25, 0.3) is 0 Å². The smallest absolute Gasteiger partial charge is 0.316 e. The first-order valence-corrected chi connectivity index (χ1v) is 5.06. The Kier molecular flexibility index (Phi) is 2.93. The third-order valence-electron chi connectivity index (χ3n) is 2.49. The monoisotopic (exact) mass is 193 g/mol. The lowest BCUT2D eigenvalue weighted by molar-refractivity contribution is 0.192. The van der Waals surface area contributed by atoms with Crippen molar-refractivity contribution >= 4 is 0 Å². The fourth-order valence-electron chi connectivity index (χ4n) is 1.66. The standard InChI is InChI=1S/C10H15N3O/c11-5-8-6-12-10(13-7-8)14-9-3-1-2-4-9/h6-7,9H,1-5,11H2. The normalized spacial score (nSPS) is 17.2. The highest BCUT2D eigenvalue weighted by atomic mass is 16.5. The molecule has 4 heteroatoms. The van der Waals surface area contributed by atoms with Gasteiger partial charge < -0.3 is 10.5 Å². The number of hydrogen-bond donors (Lipinski definition) is 1. The summed E-state index contributed by atoms with van der Waals surface area (Å²) in [5.41, 5.74) is 6.38. The third kappa shape index (κ3) is 2.20. The van der Waals surface area contributed by atoms with E-state index in [2.05, 4.69) is 9.97 Å². The number of nitrogens with zero attached hydrogens (tertiary/aromatic N) is 2. The molecule has 0 atom stereocenters. The van der Waals surface area contributed by atoms with Crippen LogP contribution >= 0.6 is 0 Å². The maximum atomic E-state index is 5.61. The lowest BCUT2D eigenvalue weighted by atomic mass is 10.3. The van der Waals surface area contributed by atoms with E-state index in [1.165, 1.54) is 12.8 Å². The van der Waals surface area contributed by atoms with E-state index in [9.17, 15) is 0 Å². The molecule has 4 nitrogen and oxygen atoms in total. The van der Waals surface area contributed by atoms with E-state index in [0.29, 0.717) is 18.7 Å². The zero-order chi connectivity index (χ0) is 9.80. The van der Waals surface area contributed by atoms with Gasteiger partial charge in [0, 0.05) is 24.5 Å². The average Bonchev–Trinajstić information content (AvgIpc) is 2.72. The number of rotatable bonds is 3. The second-order valence-electron chi connectivity index (χ2n) is 3.60. The maximum absolute atomic E-state index is 5.61. The van der Waals surface area contributed by atoms with E-state index in [1.807, 2.05) is 0 Å². The Morgan fingerprint density at radius 2 is 1.93 bits per heavy atom. The summed E-state index contributed by atoms with van der Waals surface area (Å²) in [7, 11) is 0. The molecule has 0 unspecified atom stereocenters. The lowest BCUT2D eigenvalue weighted by Crippen LogP contribution is -2.13. The molecule has 1 aliphatic carbocycles. The molecule has 1 aromatic heterocycles. The minimum Gasteiger partial charge on any atom is -0.460 e. The SMILES string of the molecule is NCc1cnc(OC2CCCC2)nc1. The van der Waals surface area contributed by atoms with Crippen LogP contribution in [0, 0.1) is 0 Å². The Labute approximate surface area is 83.5 Å². The molecule has 1 aliphatic rings. The highest BCUT2D eigenvalue weighted by Gasteiger charge is 2.17. The summed E-state index contributed by atoms with van der Waals surface area (Å²) in [4.78, 5) is 8.20. The molecule has 0 bridgehead atoms. The molecule has 0 amide bonds. The highest BCUT2D eigenvalue weighted by Crippen LogP contribution is 2.21. The first kappa shape index (κ1) is 9.40. The van der Waals surface area contributed by atoms with Crippen LogP contribution in [0.15, 0.2) is 12.4 Å². The van der Waals surface area contributed by atoms with Crippen molar-refractivity contribution in [3.8, 4) is 6.01 Å². The van der Waals surface area contributed by atoms with Gasteiger partial charge in [-0.2, -0.15) is 0 Å². The van der Waals surface area contributed by atoms with Crippen LogP contribution in [0.2, 0.25) is 0 Å². The third-order valence-corrected chi connectivity index (χ3v) is 2.49. The predicted molar refractivity (Wildman–Crippen MR) is 52.8 cm³/mol. The van der Waals surface area contributed by atoms with Gasteiger partial charge >= 0.3 is 6.01 Å². The van der Waals surface area contributed by atoms with Gasteiger partial charge in [0.2, 0.25) is 0 Å². The Morgan fingerprint density at radius 1 is 1.29 bits per heavy atom. The van der Waals surface area contributed by atoms with Crippen molar-refractivity contribution < 1.29 is 4.74 Å². The molecule has 0 aliphatic heterocycles. The summed E-state index contributed by atoms with van der Waals surface area (Å²) >= 11 is 0. The van der Waals surface area contributed by atoms with Gasteiger partial charge in [-0.25, -0.2) is 9.97 Å². The fraction of sp³-hybridized carbons (Fsp3) is 0.600. The molecule has 0 spiro atoms. The molecule has 76 valence electrons. The molecule has 0 saturated heterocycles. The van der Waals surface area contributed by atoms with E-state index in [-0.39, 0.29) is 0 Å². The molecule has 2 rings (SSSR count). The van der Waals surface area contributed by atoms with Crippen molar-refractivity contribution in [2.24, 2.45) is 5.73 Å². The second-order valence-corrected chi connectivity index (χ2v) is 3.60. The van der Waals surface area contributed by atoms with Gasteiger partial charge in [0.15, 0.2) is 0 Å². The number of ether oxygens (including phenoxy) is 1. The Hall–Kier alpha value is -1.16. The molecule has 1 saturated carbocycles. The molecular weight excluding hydrogens is 178 g/mol. The minimum absolute atomic E-state index is 0.318. The number of nitrogens with two attached hydrogens (primary N) is 1. The maximum Gasteiger partial charge on any atom is 0.316 e. The molecule has 0 radical (unpaired) electrons. The fourth-order valence-corrected chi connectivity index (χ4v) is 1.66. The average molecular weight is 193 g/mol. The zero-order valence-corrected chi connectivity index (χ0v) is 8.15. The van der Waals surface area contributed by atoms with Gasteiger partial charge in [-0.3, -0.25) is 0 Å². The van der Waals surface area contributed by atoms with Gasteiger partial charge in [-0.05, 0) is 25.7 Å². The predicted octanol–water partition coefficient (Wildman–Crippen LogP) is 1.26. The van der Waals surface area contributed by atoms with Crippen molar-refractivity contribution in [2.45, 2.75) is 38.3 Å². The van der Waals surface area contributed by atoms with Crippen LogP contribution in [0.5, 0.6) is 6.01 Å². The zero-order valence-electron chi connectivity index (χ0n) is 8.15. The van der Waals surface area contributed by atoms with Gasteiger partial charge in [-0.1, -0.05) is 0 Å². The van der Waals surface area contributed by atoms with Crippen molar-refractivity contribution in [2.75, 3.05) is 0 Å². The van der Waals surface area contributed by atoms with Crippen LogP contribution in [0.4, 0.5) is 0 Å². The van der Waals surface area contributed by atoms with Crippen molar-refractivity contribution in [3.05, 3.63) is 18.0 Å². The molecular formula is C10H15N3O. The van der Waals surface area contributed by atoms with Crippen LogP contribution < -0.4 is 10.5 Å². The van der Waals surface area contributed by atoms with Gasteiger partial charge in [-0.15, -0.1) is 0 Å². The van der Waals surface area contributed by atoms with E-state index < -0.39 is 0 Å². The topological polar surface area (TPSA) is 61.0 Å². The molecule has 1 aromatic rings. The highest BCUT2D eigenvalue weighted by molar-refractivity contribution is 5.06. The molecule has 1 heterocycles. The summed E-state index contributed by atoms with van der Waals surface area (Å²) in [6.07, 6.45) is 8.52. The second kappa shape index (κ2) is 4.37. The van der Waals surface area contributed by atoms with Crippen LogP contribution in [-0.2, 0) is 6.54 Å². The quantitative estimate of drug-likeness (QED) is 0.785. The van der Waals surface area contributed by atoms with Crippen molar-refractivity contribution in [1.29, 1.82) is 0 Å². The van der Waals surface area contributed by atoms with E-state index >= 15 is 0 Å². The number of hydrogen-bond acceptors (Lipinski definition) is 4. The summed E-state index contributed by atoms with van der Waals surface area (Å²) < 4.78 is 5.61. The molecule has 1 fully saturated rings. The first-order valence-electron chi connectivity index (χ1n) is 5.06. The Bertz CT molecular complexity index is 280.